The molecule has 21 heavy (non-hydrogen) atoms. The predicted octanol–water partition coefficient (Wildman–Crippen LogP) is 0.904. The number of ether oxygens (including phenoxy) is 1. The molecule has 0 atom stereocenters. The summed E-state index contributed by atoms with van der Waals surface area (Å²) in [5, 5.41) is 17.3. The number of benzene rings is 1. The van der Waals surface area contributed by atoms with Gasteiger partial charge in [0, 0.05) is 13.0 Å². The fourth-order valence-electron chi connectivity index (χ4n) is 1.70. The normalized spacial score (nSPS) is 10.9. The molecule has 0 aliphatic heterocycles. The van der Waals surface area contributed by atoms with Gasteiger partial charge in [-0.1, -0.05) is 0 Å². The lowest BCUT2D eigenvalue weighted by Crippen LogP contribution is -2.26. The fraction of sp³-hybridized carbons (Fsp3) is 0.385. The average Bonchev–Trinajstić information content (AvgIpc) is 2.42. The number of aliphatic carboxylic acids is 1. The maximum atomic E-state index is 12.2. The molecule has 1 aromatic rings. The number of nitrogens with one attached hydrogen (secondary N) is 1. The zero-order valence-corrected chi connectivity index (χ0v) is 12.3. The van der Waals surface area contributed by atoms with Crippen LogP contribution < -0.4 is 9.46 Å². The molecule has 114 valence electrons. The van der Waals surface area contributed by atoms with Crippen molar-refractivity contribution in [2.45, 2.75) is 24.2 Å². The quantitative estimate of drug-likeness (QED) is 0.689. The lowest BCUT2D eigenvalue weighted by molar-refractivity contribution is -0.136. The highest BCUT2D eigenvalue weighted by Gasteiger charge is 2.20. The number of hydrogen-bond acceptors (Lipinski definition) is 5. The van der Waals surface area contributed by atoms with Gasteiger partial charge in [-0.15, -0.1) is 0 Å². The monoisotopic (exact) mass is 312 g/mol. The standard InChI is InChI=1S/C13H16N2O5S/c1-20-11-4-5-12(10(8-11)9-13(16)17)21(18,19)15-7-3-2-6-14/h4-5,8,15H,2-3,7,9H2,1H3,(H,16,17). The Morgan fingerprint density at radius 2 is 2.19 bits per heavy atom. The first-order chi connectivity index (χ1) is 9.90. The molecule has 0 heterocycles. The number of carbonyl (C=O) groups is 1. The van der Waals surface area contributed by atoms with E-state index in [-0.39, 0.29) is 23.4 Å². The van der Waals surface area contributed by atoms with Crippen LogP contribution in [0.5, 0.6) is 5.75 Å². The van der Waals surface area contributed by atoms with Crippen LogP contribution in [-0.4, -0.2) is 33.1 Å². The zero-order chi connectivity index (χ0) is 15.9. The maximum absolute atomic E-state index is 12.2. The summed E-state index contributed by atoms with van der Waals surface area (Å²) in [4.78, 5) is 10.8. The molecule has 0 fully saturated rings. The Morgan fingerprint density at radius 3 is 2.76 bits per heavy atom. The maximum Gasteiger partial charge on any atom is 0.307 e. The number of methoxy groups -OCH3 is 1. The SMILES string of the molecule is COc1ccc(S(=O)(=O)NCCCC#N)c(CC(=O)O)c1. The van der Waals surface area contributed by atoms with Crippen LogP contribution in [0.3, 0.4) is 0 Å². The summed E-state index contributed by atoms with van der Waals surface area (Å²) in [7, 11) is -2.41. The Balaban J connectivity index is 3.04. The second-order valence-electron chi connectivity index (χ2n) is 4.20. The smallest absolute Gasteiger partial charge is 0.307 e. The van der Waals surface area contributed by atoms with Crippen LogP contribution in [0.2, 0.25) is 0 Å². The molecule has 2 N–H and O–H groups in total. The fourth-order valence-corrected chi connectivity index (χ4v) is 2.99. The predicted molar refractivity (Wildman–Crippen MR) is 74.4 cm³/mol. The van der Waals surface area contributed by atoms with Crippen molar-refractivity contribution in [1.82, 2.24) is 4.72 Å². The highest BCUT2D eigenvalue weighted by atomic mass is 32.2. The molecule has 8 heteroatoms. The first kappa shape index (κ1) is 16.9. The minimum Gasteiger partial charge on any atom is -0.497 e. The lowest BCUT2D eigenvalue weighted by atomic mass is 10.1. The van der Waals surface area contributed by atoms with Gasteiger partial charge in [0.2, 0.25) is 10.0 Å². The van der Waals surface area contributed by atoms with Crippen molar-refractivity contribution in [3.63, 3.8) is 0 Å². The van der Waals surface area contributed by atoms with Crippen molar-refractivity contribution in [3.8, 4) is 11.8 Å². The average molecular weight is 312 g/mol. The van der Waals surface area contributed by atoms with Gasteiger partial charge >= 0.3 is 5.97 Å². The largest absolute Gasteiger partial charge is 0.497 e. The molecule has 0 aliphatic rings. The third kappa shape index (κ3) is 5.06. The van der Waals surface area contributed by atoms with Crippen LogP contribution in [0.15, 0.2) is 23.1 Å². The van der Waals surface area contributed by atoms with Gasteiger partial charge in [0.1, 0.15) is 5.75 Å². The molecule has 0 spiro atoms. The number of nitrogens with zero attached hydrogens (tertiary/aromatic N) is 1. The van der Waals surface area contributed by atoms with Gasteiger partial charge in [-0.3, -0.25) is 4.79 Å². The Kier molecular flexibility index (Phi) is 6.14. The molecule has 0 amide bonds. The van der Waals surface area contributed by atoms with Crippen molar-refractivity contribution in [2.24, 2.45) is 0 Å². The third-order valence-electron chi connectivity index (χ3n) is 2.66. The van der Waals surface area contributed by atoms with E-state index in [0.29, 0.717) is 12.2 Å². The Morgan fingerprint density at radius 1 is 1.48 bits per heavy atom. The van der Waals surface area contributed by atoms with Gasteiger partial charge in [0.15, 0.2) is 0 Å². The van der Waals surface area contributed by atoms with Gasteiger partial charge in [0.05, 0.1) is 24.5 Å². The summed E-state index contributed by atoms with van der Waals surface area (Å²) in [5.41, 5.74) is 0.148. The summed E-state index contributed by atoms with van der Waals surface area (Å²) >= 11 is 0. The molecule has 0 unspecified atom stereocenters. The molecule has 0 saturated heterocycles. The van der Waals surface area contributed by atoms with Crippen molar-refractivity contribution in [1.29, 1.82) is 5.26 Å². The van der Waals surface area contributed by atoms with Gasteiger partial charge in [-0.05, 0) is 30.2 Å². The number of carboxylic acid groups (broad SMARTS) is 1. The van der Waals surface area contributed by atoms with Gasteiger partial charge in [0.25, 0.3) is 0 Å². The molecular weight excluding hydrogens is 296 g/mol. The first-order valence-corrected chi connectivity index (χ1v) is 7.64. The van der Waals surface area contributed by atoms with Crippen LogP contribution in [0.1, 0.15) is 18.4 Å². The summed E-state index contributed by atoms with van der Waals surface area (Å²) in [6.45, 7) is 0.119. The number of sulfonamides is 1. The first-order valence-electron chi connectivity index (χ1n) is 6.16. The van der Waals surface area contributed by atoms with Gasteiger partial charge in [-0.25, -0.2) is 13.1 Å². The minimum atomic E-state index is -3.82. The highest BCUT2D eigenvalue weighted by Crippen LogP contribution is 2.22. The molecule has 0 radical (unpaired) electrons. The summed E-state index contributed by atoms with van der Waals surface area (Å²) < 4.78 is 31.7. The topological polar surface area (TPSA) is 116 Å². The molecule has 0 saturated carbocycles. The Hall–Kier alpha value is -2.11. The molecule has 0 aromatic heterocycles. The molecule has 1 aromatic carbocycles. The van der Waals surface area contributed by atoms with Crippen molar-refractivity contribution in [2.75, 3.05) is 13.7 Å². The Labute approximate surface area is 123 Å². The van der Waals surface area contributed by atoms with E-state index >= 15 is 0 Å². The van der Waals surface area contributed by atoms with Crippen molar-refractivity contribution in [3.05, 3.63) is 23.8 Å². The van der Waals surface area contributed by atoms with Crippen LogP contribution in [0.25, 0.3) is 0 Å². The number of unbranched alkanes of at least 4 members (excludes halogenated alkanes) is 1. The Bertz CT molecular complexity index is 649. The summed E-state index contributed by atoms with van der Waals surface area (Å²) in [6.07, 6.45) is 0.207. The summed E-state index contributed by atoms with van der Waals surface area (Å²) in [5.74, 6) is -0.751. The van der Waals surface area contributed by atoms with E-state index in [2.05, 4.69) is 4.72 Å². The second-order valence-corrected chi connectivity index (χ2v) is 5.94. The number of carboxylic acids is 1. The zero-order valence-electron chi connectivity index (χ0n) is 11.5. The van der Waals surface area contributed by atoms with Gasteiger partial charge < -0.3 is 9.84 Å². The number of rotatable bonds is 8. The van der Waals surface area contributed by atoms with E-state index in [9.17, 15) is 13.2 Å². The van der Waals surface area contributed by atoms with E-state index < -0.39 is 22.4 Å². The van der Waals surface area contributed by atoms with Crippen LogP contribution in [0.4, 0.5) is 0 Å². The lowest BCUT2D eigenvalue weighted by Gasteiger charge is -2.11. The number of hydrogen-bond donors (Lipinski definition) is 2. The highest BCUT2D eigenvalue weighted by molar-refractivity contribution is 7.89. The minimum absolute atomic E-state index is 0.0948. The molecule has 1 rings (SSSR count). The molecule has 0 aliphatic carbocycles. The van der Waals surface area contributed by atoms with E-state index in [4.69, 9.17) is 15.1 Å². The third-order valence-corrected chi connectivity index (χ3v) is 4.22. The van der Waals surface area contributed by atoms with Gasteiger partial charge in [-0.2, -0.15) is 5.26 Å². The van der Waals surface area contributed by atoms with E-state index in [1.54, 1.807) is 0 Å². The van der Waals surface area contributed by atoms with Crippen LogP contribution in [0, 0.1) is 11.3 Å². The van der Waals surface area contributed by atoms with E-state index in [1.807, 2.05) is 6.07 Å². The molecule has 7 nitrogen and oxygen atoms in total. The summed E-state index contributed by atoms with van der Waals surface area (Å²) in [6, 6.07) is 6.07. The van der Waals surface area contributed by atoms with Crippen LogP contribution >= 0.6 is 0 Å². The second kappa shape index (κ2) is 7.61. The van der Waals surface area contributed by atoms with E-state index in [0.717, 1.165) is 0 Å². The molecule has 0 bridgehead atoms. The van der Waals surface area contributed by atoms with E-state index in [1.165, 1.54) is 25.3 Å². The number of nitriles is 1. The molecular formula is C13H16N2O5S. The van der Waals surface area contributed by atoms with Crippen molar-refractivity contribution < 1.29 is 23.1 Å². The van der Waals surface area contributed by atoms with Crippen molar-refractivity contribution >= 4 is 16.0 Å². The van der Waals surface area contributed by atoms with Crippen LogP contribution in [-0.2, 0) is 21.2 Å².